The Kier molecular flexibility index (Phi) is 7.53. The molecule has 7 rings (SSSR count). The van der Waals surface area contributed by atoms with E-state index >= 15 is 0 Å². The minimum atomic E-state index is -0.0419. The molecule has 0 aliphatic carbocycles. The summed E-state index contributed by atoms with van der Waals surface area (Å²) in [4.78, 5) is 34.9. The highest BCUT2D eigenvalue weighted by molar-refractivity contribution is 5.77. The Balaban J connectivity index is 1.27. The normalized spacial score (nSPS) is 17.6. The Morgan fingerprint density at radius 3 is 2.70 bits per heavy atom. The molecule has 2 aliphatic heterocycles. The van der Waals surface area contributed by atoms with Crippen molar-refractivity contribution in [3.05, 3.63) is 107 Å². The molecule has 0 saturated carbocycles. The third-order valence-electron chi connectivity index (χ3n) is 8.52. The van der Waals surface area contributed by atoms with E-state index in [0.717, 1.165) is 73.5 Å². The lowest BCUT2D eigenvalue weighted by atomic mass is 9.96. The second-order valence-electron chi connectivity index (χ2n) is 11.3. The highest BCUT2D eigenvalue weighted by Gasteiger charge is 2.26. The van der Waals surface area contributed by atoms with E-state index in [9.17, 15) is 4.79 Å². The smallest absolute Gasteiger partial charge is 0.257 e. The Morgan fingerprint density at radius 1 is 1.05 bits per heavy atom. The molecule has 6 heterocycles. The Bertz CT molecular complexity index is 1830. The number of nitrogens with zero attached hydrogens (tertiary/aromatic N) is 7. The molecular formula is C33H35N9O. The van der Waals surface area contributed by atoms with Crippen molar-refractivity contribution < 1.29 is 0 Å². The highest BCUT2D eigenvalue weighted by Crippen LogP contribution is 2.30. The number of benzene rings is 1. The third kappa shape index (κ3) is 5.59. The van der Waals surface area contributed by atoms with Crippen LogP contribution in [0.1, 0.15) is 48.7 Å². The van der Waals surface area contributed by atoms with Gasteiger partial charge in [-0.25, -0.2) is 9.97 Å². The maximum atomic E-state index is 14.3. The molecule has 0 radical (unpaired) electrons. The average molecular weight is 574 g/mol. The Morgan fingerprint density at radius 2 is 1.91 bits per heavy atom. The lowest BCUT2D eigenvalue weighted by Crippen LogP contribution is -2.36. The number of anilines is 2. The zero-order chi connectivity index (χ0) is 29.2. The van der Waals surface area contributed by atoms with Gasteiger partial charge in [-0.05, 0) is 80.9 Å². The first-order valence-corrected chi connectivity index (χ1v) is 14.9. The van der Waals surface area contributed by atoms with Crippen LogP contribution >= 0.6 is 0 Å². The summed E-state index contributed by atoms with van der Waals surface area (Å²) < 4.78 is 3.74. The van der Waals surface area contributed by atoms with E-state index in [1.807, 2.05) is 47.3 Å². The van der Waals surface area contributed by atoms with Crippen LogP contribution in [0.5, 0.6) is 0 Å². The number of hydrogen-bond donors (Lipinski definition) is 2. The van der Waals surface area contributed by atoms with Gasteiger partial charge in [0.2, 0.25) is 5.95 Å². The van der Waals surface area contributed by atoms with Crippen molar-refractivity contribution in [3.63, 3.8) is 0 Å². The number of fused-ring (bicyclic) bond motifs is 1. The predicted octanol–water partition coefficient (Wildman–Crippen LogP) is 4.70. The summed E-state index contributed by atoms with van der Waals surface area (Å²) in [7, 11) is 2.10. The van der Waals surface area contributed by atoms with Gasteiger partial charge in [0.15, 0.2) is 0 Å². The van der Waals surface area contributed by atoms with Gasteiger partial charge in [-0.3, -0.25) is 19.2 Å². The molecule has 0 amide bonds. The molecule has 0 bridgehead atoms. The number of nitrogens with one attached hydrogen (secondary N) is 2. The van der Waals surface area contributed by atoms with Crippen molar-refractivity contribution in [3.8, 4) is 5.69 Å². The zero-order valence-corrected chi connectivity index (χ0v) is 24.3. The standard InChI is InChI=1S/C33H35N9O/c1-40-18-3-2-4-29(40)28-20-25-21-37-33(38-26-7-5-23(6-8-26)24-9-13-34-14-10-24)39-31(25)42(32(28)43)22-30-36-17-19-41(30)27-11-15-35-16-12-27/h5-9,11-12,15-17,19-21,29,34H,2-4,10,13-14,18,22H2,1H3,(H,37,38,39). The van der Waals surface area contributed by atoms with Crippen molar-refractivity contribution in [2.24, 2.45) is 0 Å². The monoisotopic (exact) mass is 573 g/mol. The van der Waals surface area contributed by atoms with Crippen LogP contribution in [0, 0.1) is 0 Å². The van der Waals surface area contributed by atoms with Crippen molar-refractivity contribution in [2.45, 2.75) is 38.3 Å². The molecule has 2 N–H and O–H groups in total. The fraction of sp³-hybridized carbons (Fsp3) is 0.303. The number of pyridine rings is 2. The molecule has 1 saturated heterocycles. The van der Waals surface area contributed by atoms with Crippen LogP contribution in [0.3, 0.4) is 0 Å². The summed E-state index contributed by atoms with van der Waals surface area (Å²) >= 11 is 0. The molecule has 1 aromatic carbocycles. The molecule has 1 atom stereocenters. The number of aromatic nitrogens is 6. The molecule has 10 heteroatoms. The van der Waals surface area contributed by atoms with Crippen LogP contribution in [0.15, 0.2) is 84.3 Å². The molecule has 2 aliphatic rings. The van der Waals surface area contributed by atoms with E-state index in [2.05, 4.69) is 55.7 Å². The molecule has 1 unspecified atom stereocenters. The highest BCUT2D eigenvalue weighted by atomic mass is 16.1. The van der Waals surface area contributed by atoms with Crippen LogP contribution in [0.2, 0.25) is 0 Å². The van der Waals surface area contributed by atoms with Gasteiger partial charge in [-0.2, -0.15) is 4.98 Å². The van der Waals surface area contributed by atoms with E-state index in [4.69, 9.17) is 4.98 Å². The molecule has 43 heavy (non-hydrogen) atoms. The lowest BCUT2D eigenvalue weighted by molar-refractivity contribution is 0.186. The minimum absolute atomic E-state index is 0.0419. The Hall–Kier alpha value is -4.67. The summed E-state index contributed by atoms with van der Waals surface area (Å²) in [5.74, 6) is 1.18. The first kappa shape index (κ1) is 27.2. The quantitative estimate of drug-likeness (QED) is 0.289. The van der Waals surface area contributed by atoms with Gasteiger partial charge in [-0.15, -0.1) is 0 Å². The molecule has 218 valence electrons. The first-order chi connectivity index (χ1) is 21.1. The average Bonchev–Trinajstić information content (AvgIpc) is 3.52. The lowest BCUT2D eigenvalue weighted by Gasteiger charge is -2.32. The number of piperidine rings is 1. The summed E-state index contributed by atoms with van der Waals surface area (Å²) in [6, 6.07) is 14.3. The fourth-order valence-electron chi connectivity index (χ4n) is 6.21. The van der Waals surface area contributed by atoms with E-state index in [0.29, 0.717) is 11.6 Å². The van der Waals surface area contributed by atoms with E-state index in [1.54, 1.807) is 23.2 Å². The predicted molar refractivity (Wildman–Crippen MR) is 169 cm³/mol. The zero-order valence-electron chi connectivity index (χ0n) is 24.3. The SMILES string of the molecule is CN1CCCCC1c1cc2cnc(Nc3ccc(C4=CCNCC4)cc3)nc2n(Cc2nccn2-c2ccncc2)c1=O. The number of imidazole rings is 1. The second-order valence-corrected chi connectivity index (χ2v) is 11.3. The van der Waals surface area contributed by atoms with E-state index in [-0.39, 0.29) is 18.1 Å². The summed E-state index contributed by atoms with van der Waals surface area (Å²) in [5, 5.41) is 7.54. The van der Waals surface area contributed by atoms with Gasteiger partial charge in [0, 0.05) is 65.9 Å². The molecule has 5 aromatic rings. The summed E-state index contributed by atoms with van der Waals surface area (Å²) in [6.45, 7) is 3.15. The summed E-state index contributed by atoms with van der Waals surface area (Å²) in [6.07, 6.45) is 15.4. The van der Waals surface area contributed by atoms with Gasteiger partial charge in [0.25, 0.3) is 5.56 Å². The topological polar surface area (TPSA) is 106 Å². The molecular weight excluding hydrogens is 538 g/mol. The van der Waals surface area contributed by atoms with Crippen LogP contribution < -0.4 is 16.2 Å². The van der Waals surface area contributed by atoms with Gasteiger partial charge in [0.1, 0.15) is 11.5 Å². The maximum Gasteiger partial charge on any atom is 0.257 e. The van der Waals surface area contributed by atoms with Crippen LogP contribution in [0.25, 0.3) is 22.3 Å². The van der Waals surface area contributed by atoms with Gasteiger partial charge < -0.3 is 15.2 Å². The van der Waals surface area contributed by atoms with Crippen molar-refractivity contribution in [1.29, 1.82) is 0 Å². The minimum Gasteiger partial charge on any atom is -0.324 e. The van der Waals surface area contributed by atoms with Gasteiger partial charge >= 0.3 is 0 Å². The number of hydrogen-bond acceptors (Lipinski definition) is 8. The van der Waals surface area contributed by atoms with Crippen LogP contribution in [0.4, 0.5) is 11.6 Å². The van der Waals surface area contributed by atoms with Gasteiger partial charge in [0.05, 0.1) is 6.54 Å². The van der Waals surface area contributed by atoms with Crippen LogP contribution in [-0.2, 0) is 6.54 Å². The van der Waals surface area contributed by atoms with Crippen molar-refractivity contribution >= 4 is 28.2 Å². The number of likely N-dealkylation sites (tertiary alicyclic amines) is 1. The number of rotatable bonds is 7. The maximum absolute atomic E-state index is 14.3. The van der Waals surface area contributed by atoms with E-state index < -0.39 is 0 Å². The fourth-order valence-corrected chi connectivity index (χ4v) is 6.21. The van der Waals surface area contributed by atoms with Crippen molar-refractivity contribution in [2.75, 3.05) is 32.0 Å². The van der Waals surface area contributed by atoms with Gasteiger partial charge in [-0.1, -0.05) is 24.6 Å². The largest absolute Gasteiger partial charge is 0.324 e. The first-order valence-electron chi connectivity index (χ1n) is 14.9. The van der Waals surface area contributed by atoms with Crippen molar-refractivity contribution in [1.82, 2.24) is 39.3 Å². The Labute approximate surface area is 250 Å². The summed E-state index contributed by atoms with van der Waals surface area (Å²) in [5.41, 5.74) is 5.73. The third-order valence-corrected chi connectivity index (χ3v) is 8.52. The molecule has 0 spiro atoms. The molecule has 10 nitrogen and oxygen atoms in total. The second kappa shape index (κ2) is 11.9. The van der Waals surface area contributed by atoms with Crippen LogP contribution in [-0.4, -0.2) is 60.7 Å². The molecule has 1 fully saturated rings. The molecule has 4 aromatic heterocycles. The van der Waals surface area contributed by atoms with E-state index in [1.165, 1.54) is 11.1 Å².